The highest BCUT2D eigenvalue weighted by Gasteiger charge is 2.51. The van der Waals surface area contributed by atoms with Gasteiger partial charge in [0.2, 0.25) is 11.8 Å². The molecule has 3 fully saturated rings. The Morgan fingerprint density at radius 3 is 2.12 bits per heavy atom. The van der Waals surface area contributed by atoms with Gasteiger partial charge in [-0.2, -0.15) is 0 Å². The Morgan fingerprint density at radius 1 is 0.810 bits per heavy atom. The summed E-state index contributed by atoms with van der Waals surface area (Å²) in [6.07, 6.45) is 12.7. The van der Waals surface area contributed by atoms with Crippen molar-refractivity contribution in [3.05, 3.63) is 76.9 Å². The molecule has 2 aromatic carbocycles. The van der Waals surface area contributed by atoms with E-state index in [0.717, 1.165) is 75.3 Å². The van der Waals surface area contributed by atoms with Crippen molar-refractivity contribution in [2.24, 2.45) is 17.8 Å². The van der Waals surface area contributed by atoms with E-state index < -0.39 is 0 Å². The maximum atomic E-state index is 13.9. The Kier molecular flexibility index (Phi) is 9.97. The molecule has 0 N–H and O–H groups in total. The van der Waals surface area contributed by atoms with Crippen molar-refractivity contribution in [1.82, 2.24) is 4.90 Å². The SMILES string of the molecule is C=C(OCc1ccc(C(=O)C[C@H]2CCCCCC[C@H]2C(=O)N2C(=O)[C@@H]3CCCCCC[C@@H]32)cc1)c1cc(C)cc(C)c1. The summed E-state index contributed by atoms with van der Waals surface area (Å²) in [6.45, 7) is 8.60. The molecule has 0 unspecified atom stereocenters. The number of fused-ring (bicyclic) bond motifs is 1. The summed E-state index contributed by atoms with van der Waals surface area (Å²) in [7, 11) is 0. The molecule has 0 bridgehead atoms. The average Bonchev–Trinajstić information content (AvgIpc) is 2.94. The van der Waals surface area contributed by atoms with Crippen molar-refractivity contribution < 1.29 is 19.1 Å². The van der Waals surface area contributed by atoms with Crippen LogP contribution in [0.5, 0.6) is 0 Å². The fourth-order valence-corrected chi connectivity index (χ4v) is 7.44. The summed E-state index contributed by atoms with van der Waals surface area (Å²) < 4.78 is 5.96. The van der Waals surface area contributed by atoms with E-state index in [9.17, 15) is 14.4 Å². The summed E-state index contributed by atoms with van der Waals surface area (Å²) in [5.74, 6) is 0.513. The minimum Gasteiger partial charge on any atom is -0.489 e. The topological polar surface area (TPSA) is 63.7 Å². The number of amides is 2. The van der Waals surface area contributed by atoms with Gasteiger partial charge < -0.3 is 4.74 Å². The molecule has 224 valence electrons. The summed E-state index contributed by atoms with van der Waals surface area (Å²) in [5, 5.41) is 0. The third-order valence-electron chi connectivity index (χ3n) is 9.76. The van der Waals surface area contributed by atoms with Crippen LogP contribution in [0.25, 0.3) is 5.76 Å². The number of aryl methyl sites for hydroxylation is 2. The van der Waals surface area contributed by atoms with E-state index in [1.165, 1.54) is 24.0 Å². The van der Waals surface area contributed by atoms with Crippen LogP contribution >= 0.6 is 0 Å². The van der Waals surface area contributed by atoms with Gasteiger partial charge in [-0.15, -0.1) is 0 Å². The zero-order chi connectivity index (χ0) is 29.6. The number of hydrogen-bond donors (Lipinski definition) is 0. The molecule has 0 radical (unpaired) electrons. The fourth-order valence-electron chi connectivity index (χ4n) is 7.44. The van der Waals surface area contributed by atoms with Gasteiger partial charge in [-0.1, -0.05) is 99.4 Å². The Bertz CT molecular complexity index is 1280. The van der Waals surface area contributed by atoms with E-state index >= 15 is 0 Å². The number of ether oxygens (including phenoxy) is 1. The highest BCUT2D eigenvalue weighted by molar-refractivity contribution is 6.03. The average molecular weight is 570 g/mol. The van der Waals surface area contributed by atoms with E-state index in [2.05, 4.69) is 38.6 Å². The first-order valence-corrected chi connectivity index (χ1v) is 16.2. The number of carbonyl (C=O) groups excluding carboxylic acids is 3. The second-order valence-corrected chi connectivity index (χ2v) is 13.0. The lowest BCUT2D eigenvalue weighted by molar-refractivity contribution is -0.171. The number of ketones is 1. The van der Waals surface area contributed by atoms with Crippen LogP contribution in [0.4, 0.5) is 0 Å². The van der Waals surface area contributed by atoms with Gasteiger partial charge in [0.05, 0.1) is 12.0 Å². The lowest BCUT2D eigenvalue weighted by Gasteiger charge is -2.49. The van der Waals surface area contributed by atoms with Crippen molar-refractivity contribution in [2.75, 3.05) is 0 Å². The minimum absolute atomic E-state index is 0.00180. The van der Waals surface area contributed by atoms with Crippen LogP contribution in [0, 0.1) is 31.6 Å². The maximum Gasteiger partial charge on any atom is 0.234 e. The number of likely N-dealkylation sites (tertiary alicyclic amines) is 1. The molecule has 1 aliphatic heterocycles. The highest BCUT2D eigenvalue weighted by atomic mass is 16.5. The van der Waals surface area contributed by atoms with Crippen LogP contribution < -0.4 is 0 Å². The quantitative estimate of drug-likeness (QED) is 0.139. The summed E-state index contributed by atoms with van der Waals surface area (Å²) in [6, 6.07) is 14.0. The monoisotopic (exact) mass is 569 g/mol. The summed E-state index contributed by atoms with van der Waals surface area (Å²) in [4.78, 5) is 42.2. The molecule has 1 heterocycles. The molecule has 5 rings (SSSR count). The number of hydrogen-bond acceptors (Lipinski definition) is 4. The first-order valence-electron chi connectivity index (χ1n) is 16.2. The molecule has 2 aliphatic carbocycles. The molecule has 0 aromatic heterocycles. The van der Waals surface area contributed by atoms with Crippen LogP contribution in [0.3, 0.4) is 0 Å². The molecular weight excluding hydrogens is 522 g/mol. The second-order valence-electron chi connectivity index (χ2n) is 13.0. The van der Waals surface area contributed by atoms with Crippen molar-refractivity contribution >= 4 is 23.4 Å². The number of carbonyl (C=O) groups is 3. The molecule has 4 atom stereocenters. The summed E-state index contributed by atoms with van der Waals surface area (Å²) >= 11 is 0. The molecule has 1 saturated heterocycles. The Balaban J connectivity index is 1.21. The van der Waals surface area contributed by atoms with Gasteiger partial charge in [-0.05, 0) is 63.1 Å². The standard InChI is InChI=1S/C37H47NO4/c1-25-20-26(2)22-31(21-25)27(3)42-24-28-16-18-29(19-17-28)35(39)23-30-12-8-4-5-9-13-32(30)36(40)38-34-15-11-7-6-10-14-33(34)37(38)41/h16-22,30,32-34H,3-15,23-24H2,1-2H3/t30-,32-,33-,34+/m1/s1. The molecule has 5 nitrogen and oxygen atoms in total. The zero-order valence-corrected chi connectivity index (χ0v) is 25.5. The lowest BCUT2D eigenvalue weighted by atomic mass is 9.74. The van der Waals surface area contributed by atoms with Crippen molar-refractivity contribution in [1.29, 1.82) is 0 Å². The van der Waals surface area contributed by atoms with Gasteiger partial charge in [0.1, 0.15) is 12.4 Å². The van der Waals surface area contributed by atoms with E-state index in [1.54, 1.807) is 4.90 Å². The van der Waals surface area contributed by atoms with Crippen LogP contribution in [0.1, 0.15) is 116 Å². The second kappa shape index (κ2) is 13.8. The first-order chi connectivity index (χ1) is 20.3. The van der Waals surface area contributed by atoms with Crippen molar-refractivity contribution in [2.45, 2.75) is 110 Å². The van der Waals surface area contributed by atoms with Gasteiger partial charge in [0, 0.05) is 23.5 Å². The van der Waals surface area contributed by atoms with Crippen molar-refractivity contribution in [3.8, 4) is 0 Å². The van der Waals surface area contributed by atoms with Crippen LogP contribution in [-0.2, 0) is 20.9 Å². The summed E-state index contributed by atoms with van der Waals surface area (Å²) in [5.41, 5.74) is 4.96. The van der Waals surface area contributed by atoms with E-state index in [-0.39, 0.29) is 41.4 Å². The third-order valence-corrected chi connectivity index (χ3v) is 9.76. The predicted octanol–water partition coefficient (Wildman–Crippen LogP) is 8.36. The van der Waals surface area contributed by atoms with E-state index in [4.69, 9.17) is 4.74 Å². The molecular formula is C37H47NO4. The number of imide groups is 1. The van der Waals surface area contributed by atoms with Crippen molar-refractivity contribution in [3.63, 3.8) is 0 Å². The smallest absolute Gasteiger partial charge is 0.234 e. The van der Waals surface area contributed by atoms with E-state index in [1.807, 2.05) is 24.3 Å². The van der Waals surface area contributed by atoms with Gasteiger partial charge in [0.15, 0.2) is 5.78 Å². The first kappa shape index (κ1) is 30.3. The highest BCUT2D eigenvalue weighted by Crippen LogP contribution is 2.41. The van der Waals surface area contributed by atoms with Gasteiger partial charge in [-0.25, -0.2) is 0 Å². The number of β-lactam (4-membered cyclic amide) rings is 1. The molecule has 2 amide bonds. The lowest BCUT2D eigenvalue weighted by Crippen LogP contribution is -2.64. The predicted molar refractivity (Wildman–Crippen MR) is 167 cm³/mol. The molecule has 2 aromatic rings. The molecule has 3 aliphatic rings. The van der Waals surface area contributed by atoms with Gasteiger partial charge >= 0.3 is 0 Å². The van der Waals surface area contributed by atoms with Crippen LogP contribution in [0.15, 0.2) is 49.0 Å². The van der Waals surface area contributed by atoms with Crippen LogP contribution in [0.2, 0.25) is 0 Å². The maximum absolute atomic E-state index is 13.9. The Labute approximate surface area is 251 Å². The van der Waals surface area contributed by atoms with Gasteiger partial charge in [0.25, 0.3) is 0 Å². The Morgan fingerprint density at radius 2 is 1.43 bits per heavy atom. The Hall–Kier alpha value is -3.21. The fraction of sp³-hybridized carbons (Fsp3) is 0.541. The molecule has 5 heteroatoms. The van der Waals surface area contributed by atoms with Gasteiger partial charge in [-0.3, -0.25) is 19.3 Å². The van der Waals surface area contributed by atoms with E-state index in [0.29, 0.717) is 24.4 Å². The molecule has 42 heavy (non-hydrogen) atoms. The molecule has 2 saturated carbocycles. The molecule has 0 spiro atoms. The number of rotatable bonds is 8. The third kappa shape index (κ3) is 7.04. The minimum atomic E-state index is -0.242. The number of Topliss-reactive ketones (excluding diaryl/α,β-unsaturated/α-hetero) is 1. The normalized spacial score (nSPS) is 24.7. The zero-order valence-electron chi connectivity index (χ0n) is 25.5. The number of benzene rings is 2. The van der Waals surface area contributed by atoms with Crippen LogP contribution in [-0.4, -0.2) is 28.5 Å². The largest absolute Gasteiger partial charge is 0.489 e. The number of nitrogens with zero attached hydrogens (tertiary/aromatic N) is 1.